The van der Waals surface area contributed by atoms with Gasteiger partial charge in [-0.1, -0.05) is 12.1 Å². The van der Waals surface area contributed by atoms with E-state index in [0.29, 0.717) is 0 Å². The third kappa shape index (κ3) is 4.78. The molecular formula is C18H22N2O4S2. The molecule has 0 radical (unpaired) electrons. The summed E-state index contributed by atoms with van der Waals surface area (Å²) in [5.74, 6) is 0.474. The van der Waals surface area contributed by atoms with Gasteiger partial charge in [-0.3, -0.25) is 4.79 Å². The van der Waals surface area contributed by atoms with Crippen LogP contribution in [-0.4, -0.2) is 45.1 Å². The Morgan fingerprint density at radius 3 is 2.31 bits per heavy atom. The van der Waals surface area contributed by atoms with Gasteiger partial charge in [0.1, 0.15) is 10.6 Å². The zero-order valence-corrected chi connectivity index (χ0v) is 16.7. The van der Waals surface area contributed by atoms with Crippen molar-refractivity contribution in [3.05, 3.63) is 48.5 Å². The lowest BCUT2D eigenvalue weighted by molar-refractivity contribution is -0.115. The normalized spacial score (nSPS) is 12.7. The van der Waals surface area contributed by atoms with Crippen LogP contribution < -0.4 is 10.1 Å². The minimum atomic E-state index is -3.65. The second kappa shape index (κ2) is 8.57. The van der Waals surface area contributed by atoms with Gasteiger partial charge in [-0.25, -0.2) is 12.7 Å². The van der Waals surface area contributed by atoms with Crippen LogP contribution in [0.3, 0.4) is 0 Å². The number of benzene rings is 2. The molecule has 8 heteroatoms. The predicted molar refractivity (Wildman–Crippen MR) is 104 cm³/mol. The maximum Gasteiger partial charge on any atom is 0.244 e. The maximum absolute atomic E-state index is 12.5. The van der Waals surface area contributed by atoms with E-state index >= 15 is 0 Å². The van der Waals surface area contributed by atoms with Crippen molar-refractivity contribution in [3.8, 4) is 5.75 Å². The molecule has 0 bridgehead atoms. The molecule has 0 aliphatic rings. The SMILES string of the molecule is COc1ccc(SC(C)C(=O)Nc2ccccc2S(=O)(=O)N(C)C)cc1. The number of carbonyl (C=O) groups is 1. The second-order valence-corrected chi connectivity index (χ2v) is 9.24. The van der Waals surface area contributed by atoms with Gasteiger partial charge in [0.05, 0.1) is 18.0 Å². The second-order valence-electron chi connectivity index (χ2n) is 5.71. The first-order valence-corrected chi connectivity index (χ1v) is 10.2. The smallest absolute Gasteiger partial charge is 0.244 e. The molecular weight excluding hydrogens is 372 g/mol. The molecule has 1 unspecified atom stereocenters. The van der Waals surface area contributed by atoms with Crippen molar-refractivity contribution in [1.82, 2.24) is 4.31 Å². The van der Waals surface area contributed by atoms with Crippen LogP contribution in [0.25, 0.3) is 0 Å². The molecule has 0 aliphatic heterocycles. The van der Waals surface area contributed by atoms with Crippen LogP contribution in [0, 0.1) is 0 Å². The van der Waals surface area contributed by atoms with E-state index in [-0.39, 0.29) is 16.5 Å². The number of sulfonamides is 1. The standard InChI is InChI=1S/C18H22N2O4S2/c1-13(25-15-11-9-14(24-4)10-12-15)18(21)19-16-7-5-6-8-17(16)26(22,23)20(2)3/h5-13H,1-4H3,(H,19,21). The van der Waals surface area contributed by atoms with Gasteiger partial charge < -0.3 is 10.1 Å². The minimum Gasteiger partial charge on any atom is -0.497 e. The topological polar surface area (TPSA) is 75.7 Å². The molecule has 2 aromatic rings. The van der Waals surface area contributed by atoms with E-state index in [1.54, 1.807) is 32.2 Å². The number of rotatable bonds is 7. The van der Waals surface area contributed by atoms with Crippen LogP contribution in [0.2, 0.25) is 0 Å². The number of nitrogens with zero attached hydrogens (tertiary/aromatic N) is 1. The van der Waals surface area contributed by atoms with Crippen molar-refractivity contribution < 1.29 is 17.9 Å². The van der Waals surface area contributed by atoms with Gasteiger partial charge in [-0.2, -0.15) is 0 Å². The van der Waals surface area contributed by atoms with Crippen LogP contribution in [0.1, 0.15) is 6.92 Å². The summed E-state index contributed by atoms with van der Waals surface area (Å²) < 4.78 is 31.1. The fourth-order valence-electron chi connectivity index (χ4n) is 2.14. The number of hydrogen-bond acceptors (Lipinski definition) is 5. The van der Waals surface area contributed by atoms with Gasteiger partial charge >= 0.3 is 0 Å². The first kappa shape index (κ1) is 20.3. The van der Waals surface area contributed by atoms with E-state index in [1.807, 2.05) is 24.3 Å². The lowest BCUT2D eigenvalue weighted by atomic mass is 10.3. The summed E-state index contributed by atoms with van der Waals surface area (Å²) in [7, 11) is 0.856. The molecule has 0 aromatic heterocycles. The van der Waals surface area contributed by atoms with E-state index in [1.165, 1.54) is 31.9 Å². The average molecular weight is 395 g/mol. The molecule has 0 fully saturated rings. The van der Waals surface area contributed by atoms with Gasteiger partial charge in [-0.05, 0) is 43.3 Å². The van der Waals surface area contributed by atoms with Gasteiger partial charge in [0.15, 0.2) is 0 Å². The number of amides is 1. The summed E-state index contributed by atoms with van der Waals surface area (Å²) in [6.07, 6.45) is 0. The molecule has 0 spiro atoms. The number of methoxy groups -OCH3 is 1. The summed E-state index contributed by atoms with van der Waals surface area (Å²) in [5, 5.41) is 2.32. The van der Waals surface area contributed by atoms with Crippen LogP contribution in [0.5, 0.6) is 5.75 Å². The molecule has 1 atom stereocenters. The van der Waals surface area contributed by atoms with Gasteiger partial charge in [0.25, 0.3) is 0 Å². The first-order valence-electron chi connectivity index (χ1n) is 7.89. The van der Waals surface area contributed by atoms with Crippen molar-refractivity contribution >= 4 is 33.4 Å². The number of ether oxygens (including phenoxy) is 1. The largest absolute Gasteiger partial charge is 0.497 e. The Labute approximate surface area is 158 Å². The van der Waals surface area contributed by atoms with Gasteiger partial charge in [0, 0.05) is 19.0 Å². The van der Waals surface area contributed by atoms with Crippen molar-refractivity contribution in [2.75, 3.05) is 26.5 Å². The number of hydrogen-bond donors (Lipinski definition) is 1. The number of thioether (sulfide) groups is 1. The quantitative estimate of drug-likeness (QED) is 0.731. The predicted octanol–water partition coefficient (Wildman–Crippen LogP) is 3.06. The molecule has 0 saturated carbocycles. The molecule has 0 heterocycles. The van der Waals surface area contributed by atoms with Crippen molar-refractivity contribution in [2.45, 2.75) is 22.0 Å². The minimum absolute atomic E-state index is 0.0694. The zero-order chi connectivity index (χ0) is 19.3. The Hall–Kier alpha value is -2.03. The molecule has 1 amide bonds. The van der Waals surface area contributed by atoms with Gasteiger partial charge in [0.2, 0.25) is 15.9 Å². The van der Waals surface area contributed by atoms with Crippen LogP contribution in [-0.2, 0) is 14.8 Å². The highest BCUT2D eigenvalue weighted by Gasteiger charge is 2.23. The van der Waals surface area contributed by atoms with Gasteiger partial charge in [-0.15, -0.1) is 11.8 Å². The van der Waals surface area contributed by atoms with Crippen LogP contribution in [0.15, 0.2) is 58.3 Å². The summed E-state index contributed by atoms with van der Waals surface area (Å²) in [5.41, 5.74) is 0.272. The van der Waals surface area contributed by atoms with Crippen LogP contribution in [0.4, 0.5) is 5.69 Å². The number of carbonyl (C=O) groups excluding carboxylic acids is 1. The molecule has 2 rings (SSSR count). The highest BCUT2D eigenvalue weighted by atomic mass is 32.2. The summed E-state index contributed by atoms with van der Waals surface area (Å²) in [4.78, 5) is 13.5. The highest BCUT2D eigenvalue weighted by Crippen LogP contribution is 2.28. The van der Waals surface area contributed by atoms with Crippen LogP contribution >= 0.6 is 11.8 Å². The number of nitrogens with one attached hydrogen (secondary N) is 1. The van der Waals surface area contributed by atoms with E-state index in [4.69, 9.17) is 4.74 Å². The zero-order valence-electron chi connectivity index (χ0n) is 15.1. The molecule has 1 N–H and O–H groups in total. The van der Waals surface area contributed by atoms with E-state index in [0.717, 1.165) is 15.0 Å². The maximum atomic E-state index is 12.5. The third-order valence-electron chi connectivity index (χ3n) is 3.65. The summed E-state index contributed by atoms with van der Waals surface area (Å²) in [6, 6.07) is 13.8. The van der Waals surface area contributed by atoms with Crippen molar-refractivity contribution in [2.24, 2.45) is 0 Å². The Morgan fingerprint density at radius 1 is 1.12 bits per heavy atom. The lowest BCUT2D eigenvalue weighted by Crippen LogP contribution is -2.26. The fraction of sp³-hybridized carbons (Fsp3) is 0.278. The molecule has 0 aliphatic carbocycles. The first-order chi connectivity index (χ1) is 12.3. The summed E-state index contributed by atoms with van der Waals surface area (Å²) >= 11 is 1.38. The Morgan fingerprint density at radius 2 is 1.73 bits per heavy atom. The van der Waals surface area contributed by atoms with E-state index in [2.05, 4.69) is 5.32 Å². The Bertz CT molecular complexity index is 865. The highest BCUT2D eigenvalue weighted by molar-refractivity contribution is 8.00. The molecule has 140 valence electrons. The number of para-hydroxylation sites is 1. The molecule has 6 nitrogen and oxygen atoms in total. The monoisotopic (exact) mass is 394 g/mol. The average Bonchev–Trinajstić information content (AvgIpc) is 2.62. The number of anilines is 1. The van der Waals surface area contributed by atoms with Crippen molar-refractivity contribution in [3.63, 3.8) is 0 Å². The van der Waals surface area contributed by atoms with Crippen molar-refractivity contribution in [1.29, 1.82) is 0 Å². The van der Waals surface area contributed by atoms with E-state index in [9.17, 15) is 13.2 Å². The Balaban J connectivity index is 2.14. The molecule has 2 aromatic carbocycles. The van der Waals surface area contributed by atoms with E-state index < -0.39 is 15.3 Å². The summed E-state index contributed by atoms with van der Waals surface area (Å²) in [6.45, 7) is 1.77. The third-order valence-corrected chi connectivity index (χ3v) is 6.63. The molecule has 26 heavy (non-hydrogen) atoms. The molecule has 0 saturated heterocycles. The fourth-order valence-corrected chi connectivity index (χ4v) is 4.05. The Kier molecular flexibility index (Phi) is 6.69. The lowest BCUT2D eigenvalue weighted by Gasteiger charge is -2.17.